The fraction of sp³-hybridized carbons (Fsp3) is 0.636. The third kappa shape index (κ3) is 2.62. The molecule has 4 nitrogen and oxygen atoms in total. The van der Waals surface area contributed by atoms with Crippen LogP contribution in [0.25, 0.3) is 0 Å². The zero-order chi connectivity index (χ0) is 11.4. The molecule has 0 amide bonds. The molecule has 0 aliphatic heterocycles. The van der Waals surface area contributed by atoms with Gasteiger partial charge in [0.1, 0.15) is 5.82 Å². The maximum Gasteiger partial charge on any atom is 0.224 e. The zero-order valence-corrected chi connectivity index (χ0v) is 9.93. The standard InChI is InChI=1S/C11H16ClN3O/c12-11-14-9-5-2-1-4-8(9)10(15-11)13-6-3-7-16/h16H,1-7H2,(H,13,14,15). The summed E-state index contributed by atoms with van der Waals surface area (Å²) < 4.78 is 0. The maximum absolute atomic E-state index is 8.74. The minimum Gasteiger partial charge on any atom is -0.396 e. The molecular weight excluding hydrogens is 226 g/mol. The molecule has 0 aromatic carbocycles. The van der Waals surface area contributed by atoms with Gasteiger partial charge < -0.3 is 10.4 Å². The van der Waals surface area contributed by atoms with E-state index < -0.39 is 0 Å². The Morgan fingerprint density at radius 1 is 1.25 bits per heavy atom. The van der Waals surface area contributed by atoms with E-state index in [9.17, 15) is 0 Å². The van der Waals surface area contributed by atoms with Gasteiger partial charge >= 0.3 is 0 Å². The Kier molecular flexibility index (Phi) is 3.96. The Morgan fingerprint density at radius 3 is 2.88 bits per heavy atom. The number of aliphatic hydroxyl groups excluding tert-OH is 1. The topological polar surface area (TPSA) is 58.0 Å². The molecule has 88 valence electrons. The van der Waals surface area contributed by atoms with Crippen LogP contribution in [-0.2, 0) is 12.8 Å². The molecule has 0 radical (unpaired) electrons. The van der Waals surface area contributed by atoms with Crippen LogP contribution >= 0.6 is 11.6 Å². The molecule has 0 saturated heterocycles. The molecule has 0 unspecified atom stereocenters. The first kappa shape index (κ1) is 11.6. The lowest BCUT2D eigenvalue weighted by Gasteiger charge is -2.18. The van der Waals surface area contributed by atoms with Crippen LogP contribution in [0.2, 0.25) is 5.28 Å². The van der Waals surface area contributed by atoms with Crippen molar-refractivity contribution in [2.75, 3.05) is 18.5 Å². The normalized spacial score (nSPS) is 14.6. The number of nitrogens with zero attached hydrogens (tertiary/aromatic N) is 2. The first-order chi connectivity index (χ1) is 7.81. The molecule has 1 aromatic heterocycles. The van der Waals surface area contributed by atoms with Crippen molar-refractivity contribution in [3.8, 4) is 0 Å². The summed E-state index contributed by atoms with van der Waals surface area (Å²) >= 11 is 5.88. The van der Waals surface area contributed by atoms with Gasteiger partial charge in [0.05, 0.1) is 5.69 Å². The van der Waals surface area contributed by atoms with Crippen LogP contribution in [0.3, 0.4) is 0 Å². The fourth-order valence-corrected chi connectivity index (χ4v) is 2.18. The molecular formula is C11H16ClN3O. The molecule has 1 aromatic rings. The largest absolute Gasteiger partial charge is 0.396 e. The molecule has 1 heterocycles. The monoisotopic (exact) mass is 241 g/mol. The average molecular weight is 242 g/mol. The highest BCUT2D eigenvalue weighted by Crippen LogP contribution is 2.26. The van der Waals surface area contributed by atoms with Crippen molar-refractivity contribution < 1.29 is 5.11 Å². The van der Waals surface area contributed by atoms with Crippen LogP contribution in [0.15, 0.2) is 0 Å². The number of aryl methyl sites for hydroxylation is 1. The van der Waals surface area contributed by atoms with Crippen molar-refractivity contribution in [3.05, 3.63) is 16.5 Å². The van der Waals surface area contributed by atoms with Crippen LogP contribution in [-0.4, -0.2) is 28.2 Å². The Bertz CT molecular complexity index is 370. The van der Waals surface area contributed by atoms with E-state index in [4.69, 9.17) is 16.7 Å². The molecule has 1 aliphatic rings. The second kappa shape index (κ2) is 5.46. The Balaban J connectivity index is 2.18. The lowest BCUT2D eigenvalue weighted by molar-refractivity contribution is 0.292. The highest BCUT2D eigenvalue weighted by molar-refractivity contribution is 6.28. The van der Waals surface area contributed by atoms with E-state index in [0.717, 1.165) is 37.3 Å². The van der Waals surface area contributed by atoms with E-state index in [1.807, 2.05) is 0 Å². The van der Waals surface area contributed by atoms with Crippen LogP contribution in [0.4, 0.5) is 5.82 Å². The lowest BCUT2D eigenvalue weighted by atomic mass is 9.96. The highest BCUT2D eigenvalue weighted by Gasteiger charge is 2.16. The maximum atomic E-state index is 8.74. The number of nitrogens with one attached hydrogen (secondary N) is 1. The third-order valence-electron chi connectivity index (χ3n) is 2.78. The van der Waals surface area contributed by atoms with Gasteiger partial charge in [-0.15, -0.1) is 0 Å². The van der Waals surface area contributed by atoms with E-state index in [0.29, 0.717) is 5.28 Å². The fourth-order valence-electron chi connectivity index (χ4n) is 2.00. The molecule has 5 heteroatoms. The number of hydrogen-bond acceptors (Lipinski definition) is 4. The summed E-state index contributed by atoms with van der Waals surface area (Å²) in [7, 11) is 0. The van der Waals surface area contributed by atoms with Crippen LogP contribution in [0.1, 0.15) is 30.5 Å². The number of aromatic nitrogens is 2. The number of halogens is 1. The second-order valence-electron chi connectivity index (χ2n) is 3.98. The van der Waals surface area contributed by atoms with Crippen LogP contribution in [0, 0.1) is 0 Å². The molecule has 0 atom stereocenters. The van der Waals surface area contributed by atoms with Crippen molar-refractivity contribution >= 4 is 17.4 Å². The number of aliphatic hydroxyl groups is 1. The quantitative estimate of drug-likeness (QED) is 0.624. The van der Waals surface area contributed by atoms with Crippen molar-refractivity contribution in [3.63, 3.8) is 0 Å². The number of rotatable bonds is 4. The minimum atomic E-state index is 0.188. The van der Waals surface area contributed by atoms with Crippen LogP contribution < -0.4 is 5.32 Å². The van der Waals surface area contributed by atoms with Gasteiger partial charge in [0.2, 0.25) is 5.28 Å². The number of fused-ring (bicyclic) bond motifs is 1. The van der Waals surface area contributed by atoms with Gasteiger partial charge in [0.15, 0.2) is 0 Å². The summed E-state index contributed by atoms with van der Waals surface area (Å²) in [6, 6.07) is 0. The zero-order valence-electron chi connectivity index (χ0n) is 9.17. The smallest absolute Gasteiger partial charge is 0.224 e. The number of anilines is 1. The third-order valence-corrected chi connectivity index (χ3v) is 2.95. The second-order valence-corrected chi connectivity index (χ2v) is 4.32. The van der Waals surface area contributed by atoms with Gasteiger partial charge in [-0.1, -0.05) is 0 Å². The SMILES string of the molecule is OCCCNc1nc(Cl)nc2c1CCCC2. The molecule has 0 bridgehead atoms. The molecule has 2 rings (SSSR count). The molecule has 0 fully saturated rings. The van der Waals surface area contributed by atoms with Gasteiger partial charge in [0, 0.05) is 18.7 Å². The van der Waals surface area contributed by atoms with Crippen molar-refractivity contribution in [2.45, 2.75) is 32.1 Å². The van der Waals surface area contributed by atoms with Gasteiger partial charge in [-0.05, 0) is 43.7 Å². The van der Waals surface area contributed by atoms with Gasteiger partial charge in [-0.3, -0.25) is 0 Å². The Labute approximate surface area is 100 Å². The van der Waals surface area contributed by atoms with E-state index >= 15 is 0 Å². The molecule has 2 N–H and O–H groups in total. The number of hydrogen-bond donors (Lipinski definition) is 2. The average Bonchev–Trinajstić information content (AvgIpc) is 2.29. The van der Waals surface area contributed by atoms with Gasteiger partial charge in [-0.2, -0.15) is 0 Å². The summed E-state index contributed by atoms with van der Waals surface area (Å²) in [5.41, 5.74) is 2.28. The summed E-state index contributed by atoms with van der Waals surface area (Å²) in [4.78, 5) is 8.49. The van der Waals surface area contributed by atoms with E-state index in [2.05, 4.69) is 15.3 Å². The van der Waals surface area contributed by atoms with Crippen molar-refractivity contribution in [1.29, 1.82) is 0 Å². The summed E-state index contributed by atoms with van der Waals surface area (Å²) in [5.74, 6) is 0.850. The summed E-state index contributed by atoms with van der Waals surface area (Å²) in [5, 5.41) is 12.3. The van der Waals surface area contributed by atoms with E-state index in [1.54, 1.807) is 0 Å². The van der Waals surface area contributed by atoms with Crippen molar-refractivity contribution in [1.82, 2.24) is 9.97 Å². The van der Waals surface area contributed by atoms with Gasteiger partial charge in [0.25, 0.3) is 0 Å². The molecule has 16 heavy (non-hydrogen) atoms. The summed E-state index contributed by atoms with van der Waals surface area (Å²) in [6.45, 7) is 0.907. The first-order valence-corrected chi connectivity index (χ1v) is 6.09. The van der Waals surface area contributed by atoms with Gasteiger partial charge in [-0.25, -0.2) is 9.97 Å². The summed E-state index contributed by atoms with van der Waals surface area (Å²) in [6.07, 6.45) is 5.10. The highest BCUT2D eigenvalue weighted by atomic mass is 35.5. The Hall–Kier alpha value is -0.870. The Morgan fingerprint density at radius 2 is 2.06 bits per heavy atom. The van der Waals surface area contributed by atoms with Crippen molar-refractivity contribution in [2.24, 2.45) is 0 Å². The first-order valence-electron chi connectivity index (χ1n) is 5.71. The molecule has 0 spiro atoms. The van der Waals surface area contributed by atoms with E-state index in [-0.39, 0.29) is 6.61 Å². The lowest BCUT2D eigenvalue weighted by Crippen LogP contribution is -2.14. The van der Waals surface area contributed by atoms with Crippen LogP contribution in [0.5, 0.6) is 0 Å². The predicted molar refractivity (Wildman–Crippen MR) is 63.9 cm³/mol. The molecule has 1 aliphatic carbocycles. The predicted octanol–water partition coefficient (Wildman–Crippen LogP) is 1.80. The minimum absolute atomic E-state index is 0.188. The molecule has 0 saturated carbocycles. The van der Waals surface area contributed by atoms with E-state index in [1.165, 1.54) is 18.4 Å².